The van der Waals surface area contributed by atoms with Gasteiger partial charge in [-0.2, -0.15) is 13.2 Å². The molecule has 1 aliphatic heterocycles. The van der Waals surface area contributed by atoms with Gasteiger partial charge in [-0.25, -0.2) is 0 Å². The Bertz CT molecular complexity index is 370. The third-order valence-electron chi connectivity index (χ3n) is 2.76. The van der Waals surface area contributed by atoms with E-state index in [0.29, 0.717) is 24.5 Å². The first-order valence-corrected chi connectivity index (χ1v) is 6.72. The van der Waals surface area contributed by atoms with E-state index in [4.69, 9.17) is 9.47 Å². The van der Waals surface area contributed by atoms with Crippen molar-refractivity contribution in [1.82, 2.24) is 0 Å². The largest absolute Gasteiger partial charge is 0.425 e. The highest BCUT2D eigenvalue weighted by molar-refractivity contribution is 7.12. The molecule has 2 heterocycles. The maximum Gasteiger partial charge on any atom is 0.425 e. The summed E-state index contributed by atoms with van der Waals surface area (Å²) in [5.41, 5.74) is 0. The van der Waals surface area contributed by atoms with Crippen molar-refractivity contribution in [2.75, 3.05) is 19.8 Å². The Labute approximate surface area is 108 Å². The van der Waals surface area contributed by atoms with Crippen LogP contribution >= 0.6 is 11.3 Å². The van der Waals surface area contributed by atoms with Gasteiger partial charge in [0.15, 0.2) is 0 Å². The van der Waals surface area contributed by atoms with E-state index in [1.54, 1.807) is 0 Å². The zero-order valence-electron chi connectivity index (χ0n) is 9.83. The van der Waals surface area contributed by atoms with Crippen LogP contribution in [0.4, 0.5) is 13.2 Å². The van der Waals surface area contributed by atoms with Gasteiger partial charge in [0.2, 0.25) is 0 Å². The smallest absolute Gasteiger partial charge is 0.379 e. The molecule has 1 aliphatic rings. The lowest BCUT2D eigenvalue weighted by Crippen LogP contribution is -2.26. The minimum atomic E-state index is -4.24. The summed E-state index contributed by atoms with van der Waals surface area (Å²) < 4.78 is 48.0. The summed E-state index contributed by atoms with van der Waals surface area (Å²) in [6.45, 7) is 1.82. The van der Waals surface area contributed by atoms with Gasteiger partial charge in [-0.15, -0.1) is 11.3 Å². The molecule has 0 spiro atoms. The fourth-order valence-corrected chi connectivity index (χ4v) is 2.69. The van der Waals surface area contributed by atoms with Crippen molar-refractivity contribution in [3.8, 4) is 0 Å². The van der Waals surface area contributed by atoms with E-state index in [1.165, 1.54) is 6.07 Å². The Balaban J connectivity index is 1.74. The van der Waals surface area contributed by atoms with Crippen LogP contribution in [-0.4, -0.2) is 25.9 Å². The monoisotopic (exact) mass is 280 g/mol. The van der Waals surface area contributed by atoms with Crippen molar-refractivity contribution in [2.24, 2.45) is 0 Å². The second-order valence-electron chi connectivity index (χ2n) is 4.22. The average Bonchev–Trinajstić information content (AvgIpc) is 2.79. The highest BCUT2D eigenvalue weighted by atomic mass is 32.1. The van der Waals surface area contributed by atoms with Crippen LogP contribution in [-0.2, 0) is 22.1 Å². The number of thiophene rings is 1. The lowest BCUT2D eigenvalue weighted by atomic mass is 10.2. The summed E-state index contributed by atoms with van der Waals surface area (Å²) in [5, 5.41) is 0. The van der Waals surface area contributed by atoms with Crippen LogP contribution in [0.1, 0.15) is 22.6 Å². The molecular formula is C12H15F3O2S. The minimum absolute atomic E-state index is 0.0980. The van der Waals surface area contributed by atoms with Crippen molar-refractivity contribution in [2.45, 2.75) is 31.5 Å². The van der Waals surface area contributed by atoms with E-state index in [9.17, 15) is 13.2 Å². The zero-order valence-corrected chi connectivity index (χ0v) is 10.6. The van der Waals surface area contributed by atoms with Crippen LogP contribution in [0.3, 0.4) is 0 Å². The summed E-state index contributed by atoms with van der Waals surface area (Å²) in [6.07, 6.45) is -1.65. The van der Waals surface area contributed by atoms with E-state index in [2.05, 4.69) is 0 Å². The molecule has 1 atom stereocenters. The van der Waals surface area contributed by atoms with Gasteiger partial charge in [0.05, 0.1) is 19.3 Å². The van der Waals surface area contributed by atoms with Crippen molar-refractivity contribution in [3.63, 3.8) is 0 Å². The molecule has 102 valence electrons. The number of alkyl halides is 3. The predicted molar refractivity (Wildman–Crippen MR) is 62.8 cm³/mol. The van der Waals surface area contributed by atoms with Gasteiger partial charge in [-0.3, -0.25) is 0 Å². The molecule has 0 aliphatic carbocycles. The number of hydrogen-bond donors (Lipinski definition) is 0. The third-order valence-corrected chi connectivity index (χ3v) is 3.95. The van der Waals surface area contributed by atoms with Crippen LogP contribution in [0.2, 0.25) is 0 Å². The molecule has 2 nitrogen and oxygen atoms in total. The number of halogens is 3. The van der Waals surface area contributed by atoms with E-state index < -0.39 is 11.1 Å². The van der Waals surface area contributed by atoms with Crippen LogP contribution in [0.25, 0.3) is 0 Å². The van der Waals surface area contributed by atoms with Gasteiger partial charge in [0.25, 0.3) is 0 Å². The van der Waals surface area contributed by atoms with E-state index in [-0.39, 0.29) is 6.10 Å². The SMILES string of the molecule is FC(F)(F)c1ccc(CCOC2CCCOC2)s1. The van der Waals surface area contributed by atoms with Gasteiger partial charge >= 0.3 is 6.18 Å². The van der Waals surface area contributed by atoms with Gasteiger partial charge in [0, 0.05) is 17.9 Å². The van der Waals surface area contributed by atoms with Crippen LogP contribution in [0, 0.1) is 0 Å². The summed E-state index contributed by atoms with van der Waals surface area (Å²) in [5.74, 6) is 0. The van der Waals surface area contributed by atoms with Crippen LogP contribution < -0.4 is 0 Å². The maximum absolute atomic E-state index is 12.4. The first-order valence-electron chi connectivity index (χ1n) is 5.91. The van der Waals surface area contributed by atoms with Gasteiger partial charge in [-0.1, -0.05) is 0 Å². The Morgan fingerprint density at radius 2 is 2.22 bits per heavy atom. The second kappa shape index (κ2) is 6.04. The Morgan fingerprint density at radius 1 is 1.39 bits per heavy atom. The normalized spacial score (nSPS) is 21.2. The molecule has 1 aromatic heterocycles. The van der Waals surface area contributed by atoms with Crippen LogP contribution in [0.5, 0.6) is 0 Å². The molecule has 18 heavy (non-hydrogen) atoms. The summed E-state index contributed by atoms with van der Waals surface area (Å²) in [7, 11) is 0. The number of rotatable bonds is 4. The highest BCUT2D eigenvalue weighted by Gasteiger charge is 2.32. The van der Waals surface area contributed by atoms with Gasteiger partial charge in [0.1, 0.15) is 4.88 Å². The predicted octanol–water partition coefficient (Wildman–Crippen LogP) is 3.51. The molecule has 0 bridgehead atoms. The lowest BCUT2D eigenvalue weighted by molar-refractivity contribution is -0.134. The Kier molecular flexibility index (Phi) is 4.64. The standard InChI is InChI=1S/C12H15F3O2S/c13-12(14,15)11-4-3-10(18-11)5-7-17-9-2-1-6-16-8-9/h3-4,9H,1-2,5-8H2. The molecule has 1 aromatic rings. The Hall–Kier alpha value is -0.590. The van der Waals surface area contributed by atoms with E-state index in [1.807, 2.05) is 0 Å². The molecule has 1 saturated heterocycles. The van der Waals surface area contributed by atoms with Crippen molar-refractivity contribution >= 4 is 11.3 Å². The fourth-order valence-electron chi connectivity index (χ4n) is 1.83. The Morgan fingerprint density at radius 3 is 2.83 bits per heavy atom. The van der Waals surface area contributed by atoms with E-state index >= 15 is 0 Å². The second-order valence-corrected chi connectivity index (χ2v) is 5.39. The first-order chi connectivity index (χ1) is 8.55. The summed E-state index contributed by atoms with van der Waals surface area (Å²) >= 11 is 0.790. The van der Waals surface area contributed by atoms with Gasteiger partial charge in [-0.05, 0) is 25.0 Å². The molecular weight excluding hydrogens is 265 g/mol. The summed E-state index contributed by atoms with van der Waals surface area (Å²) in [6, 6.07) is 2.65. The third kappa shape index (κ3) is 3.96. The maximum atomic E-state index is 12.4. The van der Waals surface area contributed by atoms with Crippen molar-refractivity contribution < 1.29 is 22.6 Å². The molecule has 1 fully saturated rings. The van der Waals surface area contributed by atoms with Crippen molar-refractivity contribution in [3.05, 3.63) is 21.9 Å². The topological polar surface area (TPSA) is 18.5 Å². The quantitative estimate of drug-likeness (QED) is 0.840. The van der Waals surface area contributed by atoms with Gasteiger partial charge < -0.3 is 9.47 Å². The van der Waals surface area contributed by atoms with E-state index in [0.717, 1.165) is 36.9 Å². The molecule has 2 rings (SSSR count). The highest BCUT2D eigenvalue weighted by Crippen LogP contribution is 2.34. The molecule has 6 heteroatoms. The fraction of sp³-hybridized carbons (Fsp3) is 0.667. The molecule has 0 saturated carbocycles. The van der Waals surface area contributed by atoms with Crippen LogP contribution in [0.15, 0.2) is 12.1 Å². The molecule has 1 unspecified atom stereocenters. The molecule has 0 N–H and O–H groups in total. The lowest BCUT2D eigenvalue weighted by Gasteiger charge is -2.22. The number of ether oxygens (including phenoxy) is 2. The molecule has 0 amide bonds. The molecule has 0 radical (unpaired) electrons. The van der Waals surface area contributed by atoms with Crippen molar-refractivity contribution in [1.29, 1.82) is 0 Å². The zero-order chi connectivity index (χ0) is 13.0. The first kappa shape index (κ1) is 13.8. The number of hydrogen-bond acceptors (Lipinski definition) is 3. The minimum Gasteiger partial charge on any atom is -0.379 e. The average molecular weight is 280 g/mol. The summed E-state index contributed by atoms with van der Waals surface area (Å²) in [4.78, 5) is 0.164. The molecule has 0 aromatic carbocycles.